The molecule has 2 unspecified atom stereocenters. The highest BCUT2D eigenvalue weighted by Crippen LogP contribution is 2.43. The number of rotatable bonds is 2. The molecule has 2 atom stereocenters. The molecule has 3 aromatic rings. The van der Waals surface area contributed by atoms with Gasteiger partial charge in [-0.05, 0) is 30.7 Å². The molecule has 0 fully saturated rings. The van der Waals surface area contributed by atoms with Gasteiger partial charge in [0.25, 0.3) is 0 Å². The van der Waals surface area contributed by atoms with Gasteiger partial charge in [-0.1, -0.05) is 67.3 Å². The van der Waals surface area contributed by atoms with Crippen LogP contribution in [0, 0.1) is 5.92 Å². The molecule has 0 amide bonds. The van der Waals surface area contributed by atoms with Gasteiger partial charge in [-0.2, -0.15) is 0 Å². The largest absolute Gasteiger partial charge is 0.292 e. The molecule has 2 aromatic heterocycles. The van der Waals surface area contributed by atoms with Crippen molar-refractivity contribution in [1.29, 1.82) is 0 Å². The van der Waals surface area contributed by atoms with E-state index < -0.39 is 0 Å². The van der Waals surface area contributed by atoms with Crippen molar-refractivity contribution in [2.24, 2.45) is 5.92 Å². The van der Waals surface area contributed by atoms with E-state index in [-0.39, 0.29) is 0 Å². The van der Waals surface area contributed by atoms with Gasteiger partial charge in [0.1, 0.15) is 5.65 Å². The zero-order valence-corrected chi connectivity index (χ0v) is 14.8. The zero-order valence-electron chi connectivity index (χ0n) is 14.8. The van der Waals surface area contributed by atoms with Gasteiger partial charge in [-0.25, -0.2) is 4.98 Å². The topological polar surface area (TPSA) is 17.3 Å². The number of imidazole rings is 1. The predicted octanol–water partition coefficient (Wildman–Crippen LogP) is 6.02. The lowest BCUT2D eigenvalue weighted by Crippen LogP contribution is -2.15. The molecule has 0 spiro atoms. The van der Waals surface area contributed by atoms with Gasteiger partial charge >= 0.3 is 0 Å². The fraction of sp³-hybridized carbons (Fsp3) is 0.125. The van der Waals surface area contributed by atoms with Crippen molar-refractivity contribution in [3.63, 3.8) is 0 Å². The Kier molecular flexibility index (Phi) is 3.32. The maximum absolute atomic E-state index is 5.01. The summed E-state index contributed by atoms with van der Waals surface area (Å²) in [6.45, 7) is 6.04. The van der Waals surface area contributed by atoms with E-state index in [9.17, 15) is 0 Å². The second-order valence-electron chi connectivity index (χ2n) is 6.82. The second-order valence-corrected chi connectivity index (χ2v) is 6.82. The fourth-order valence-electron chi connectivity index (χ4n) is 4.32. The minimum atomic E-state index is 0.325. The Bertz CT molecular complexity index is 1170. The van der Waals surface area contributed by atoms with Gasteiger partial charge in [-0.3, -0.25) is 4.40 Å². The molecule has 0 saturated heterocycles. The maximum Gasteiger partial charge on any atom is 0.142 e. The number of nitrogens with zero attached hydrogens (tertiary/aromatic N) is 2. The molecule has 1 aromatic carbocycles. The molecule has 126 valence electrons. The van der Waals surface area contributed by atoms with Crippen molar-refractivity contribution in [2.75, 3.05) is 0 Å². The van der Waals surface area contributed by atoms with E-state index in [2.05, 4.69) is 83.9 Å². The van der Waals surface area contributed by atoms with Gasteiger partial charge in [-0.15, -0.1) is 0 Å². The molecule has 0 aliphatic heterocycles. The Balaban J connectivity index is 2.01. The van der Waals surface area contributed by atoms with Crippen molar-refractivity contribution < 1.29 is 0 Å². The number of hydrogen-bond acceptors (Lipinski definition) is 1. The van der Waals surface area contributed by atoms with E-state index in [1.54, 1.807) is 0 Å². The average molecular weight is 336 g/mol. The summed E-state index contributed by atoms with van der Waals surface area (Å²) in [6.07, 6.45) is 19.5. The van der Waals surface area contributed by atoms with Crippen LogP contribution in [-0.4, -0.2) is 9.38 Å². The van der Waals surface area contributed by atoms with Crippen LogP contribution in [0.15, 0.2) is 67.3 Å². The smallest absolute Gasteiger partial charge is 0.142 e. The van der Waals surface area contributed by atoms with E-state index >= 15 is 0 Å². The van der Waals surface area contributed by atoms with Crippen LogP contribution in [-0.2, 0) is 0 Å². The number of allylic oxidation sites excluding steroid dienone is 6. The Hall–Kier alpha value is -3.13. The molecule has 2 nitrogen and oxygen atoms in total. The van der Waals surface area contributed by atoms with Crippen LogP contribution < -0.4 is 0 Å². The first kappa shape index (κ1) is 15.2. The second kappa shape index (κ2) is 5.70. The SMILES string of the molecule is C=Cc1nc2c3c(c4ccccc4n2c1/C=C\C)C=CC1C=CC=CC31. The highest BCUT2D eigenvalue weighted by molar-refractivity contribution is 5.95. The standard InChI is InChI=1S/C24H20N2/c1-3-9-22-20(4-2)25-24-23-17-11-6-5-10-16(17)14-15-19(23)18-12-7-8-13-21(18)26(22)24/h3-17H,2H2,1H3/b9-3-. The Morgan fingerprint density at radius 1 is 1.12 bits per heavy atom. The summed E-state index contributed by atoms with van der Waals surface area (Å²) in [6, 6.07) is 8.61. The summed E-state index contributed by atoms with van der Waals surface area (Å²) >= 11 is 0. The van der Waals surface area contributed by atoms with Crippen LogP contribution in [0.25, 0.3) is 34.8 Å². The summed E-state index contributed by atoms with van der Waals surface area (Å²) < 4.78 is 2.30. The number of para-hydroxylation sites is 1. The van der Waals surface area contributed by atoms with Gasteiger partial charge in [0.15, 0.2) is 0 Å². The molecule has 0 N–H and O–H groups in total. The number of pyridine rings is 1. The summed E-state index contributed by atoms with van der Waals surface area (Å²) in [4.78, 5) is 5.01. The van der Waals surface area contributed by atoms with Crippen LogP contribution in [0.4, 0.5) is 0 Å². The lowest BCUT2D eigenvalue weighted by molar-refractivity contribution is 0.694. The molecule has 2 aliphatic carbocycles. The minimum Gasteiger partial charge on any atom is -0.292 e. The third-order valence-electron chi connectivity index (χ3n) is 5.42. The van der Waals surface area contributed by atoms with Gasteiger partial charge in [0, 0.05) is 22.8 Å². The van der Waals surface area contributed by atoms with E-state index in [0.717, 1.165) is 17.0 Å². The van der Waals surface area contributed by atoms with Crippen molar-refractivity contribution >= 4 is 34.8 Å². The lowest BCUT2D eigenvalue weighted by atomic mass is 9.76. The molecular formula is C24H20N2. The Labute approximate surface area is 153 Å². The van der Waals surface area contributed by atoms with E-state index in [1.165, 1.54) is 22.0 Å². The summed E-state index contributed by atoms with van der Waals surface area (Å²) in [5, 5.41) is 1.27. The highest BCUT2D eigenvalue weighted by Gasteiger charge is 2.29. The molecule has 5 rings (SSSR count). The van der Waals surface area contributed by atoms with Crippen molar-refractivity contribution in [2.45, 2.75) is 12.8 Å². The average Bonchev–Trinajstić information content (AvgIpc) is 3.06. The Morgan fingerprint density at radius 2 is 1.96 bits per heavy atom. The third kappa shape index (κ3) is 1.96. The maximum atomic E-state index is 5.01. The first-order chi connectivity index (χ1) is 12.8. The van der Waals surface area contributed by atoms with E-state index in [4.69, 9.17) is 4.98 Å². The first-order valence-corrected chi connectivity index (χ1v) is 9.09. The lowest BCUT2D eigenvalue weighted by Gasteiger charge is -2.29. The number of hydrogen-bond donors (Lipinski definition) is 0. The van der Waals surface area contributed by atoms with Crippen LogP contribution in [0.5, 0.6) is 0 Å². The molecule has 2 heteroatoms. The van der Waals surface area contributed by atoms with Crippen LogP contribution in [0.2, 0.25) is 0 Å². The normalized spacial score (nSPS) is 20.8. The Morgan fingerprint density at radius 3 is 2.81 bits per heavy atom. The van der Waals surface area contributed by atoms with Gasteiger partial charge in [0.2, 0.25) is 0 Å². The summed E-state index contributed by atoms with van der Waals surface area (Å²) in [5.74, 6) is 0.720. The third-order valence-corrected chi connectivity index (χ3v) is 5.42. The molecule has 2 aliphatic rings. The highest BCUT2D eigenvalue weighted by atomic mass is 15.0. The molecule has 0 bridgehead atoms. The molecular weight excluding hydrogens is 316 g/mol. The van der Waals surface area contributed by atoms with Crippen LogP contribution in [0.1, 0.15) is 35.4 Å². The van der Waals surface area contributed by atoms with Crippen molar-refractivity contribution in [3.05, 3.63) is 89.8 Å². The summed E-state index contributed by atoms with van der Waals surface area (Å²) in [7, 11) is 0. The van der Waals surface area contributed by atoms with Crippen molar-refractivity contribution in [3.8, 4) is 0 Å². The summed E-state index contributed by atoms with van der Waals surface area (Å²) in [5.41, 5.74) is 6.87. The molecule has 26 heavy (non-hydrogen) atoms. The number of benzene rings is 1. The molecule has 2 heterocycles. The van der Waals surface area contributed by atoms with E-state index in [0.29, 0.717) is 11.8 Å². The zero-order chi connectivity index (χ0) is 17.7. The van der Waals surface area contributed by atoms with Crippen LogP contribution in [0.3, 0.4) is 0 Å². The van der Waals surface area contributed by atoms with E-state index in [1.807, 2.05) is 13.0 Å². The quantitative estimate of drug-likeness (QED) is 0.559. The minimum absolute atomic E-state index is 0.325. The number of aromatic nitrogens is 2. The molecule has 0 saturated carbocycles. The monoisotopic (exact) mass is 336 g/mol. The van der Waals surface area contributed by atoms with Gasteiger partial charge in [0.05, 0.1) is 16.9 Å². The van der Waals surface area contributed by atoms with Crippen molar-refractivity contribution in [1.82, 2.24) is 9.38 Å². The van der Waals surface area contributed by atoms with Crippen LogP contribution >= 0.6 is 0 Å². The van der Waals surface area contributed by atoms with Gasteiger partial charge < -0.3 is 0 Å². The predicted molar refractivity (Wildman–Crippen MR) is 111 cm³/mol. The fourth-order valence-corrected chi connectivity index (χ4v) is 4.32. The number of fused-ring (bicyclic) bond motifs is 8. The molecule has 0 radical (unpaired) electrons. The first-order valence-electron chi connectivity index (χ1n) is 9.09.